The quantitative estimate of drug-likeness (QED) is 0.725. The zero-order valence-electron chi connectivity index (χ0n) is 11.4. The molecule has 1 N–H and O–H groups in total. The van der Waals surface area contributed by atoms with Gasteiger partial charge < -0.3 is 4.52 Å². The molecule has 0 radical (unpaired) electrons. The fourth-order valence-electron chi connectivity index (χ4n) is 1.73. The van der Waals surface area contributed by atoms with Gasteiger partial charge in [-0.1, -0.05) is 10.3 Å². The molecule has 0 aromatic carbocycles. The third-order valence-electron chi connectivity index (χ3n) is 2.64. The maximum absolute atomic E-state index is 12.0. The largest absolute Gasteiger partial charge is 0.442 e. The van der Waals surface area contributed by atoms with E-state index < -0.39 is 11.7 Å². The smallest absolute Gasteiger partial charge is 0.338 e. The molecule has 1 amide bonds. The molecule has 0 aliphatic heterocycles. The summed E-state index contributed by atoms with van der Waals surface area (Å²) in [5, 5.41) is 9.69. The van der Waals surface area contributed by atoms with E-state index in [4.69, 9.17) is 4.52 Å². The molecule has 3 rings (SSSR count). The lowest BCUT2D eigenvalue weighted by molar-refractivity contribution is -0.116. The number of amides is 1. The number of rotatable bonds is 4. The molecule has 3 aromatic heterocycles. The molecule has 0 fully saturated rings. The lowest BCUT2D eigenvalue weighted by Crippen LogP contribution is -2.25. The molecular weight excluding hydrogens is 292 g/mol. The zero-order chi connectivity index (χ0) is 15.5. The van der Waals surface area contributed by atoms with E-state index in [1.54, 1.807) is 19.1 Å². The number of anilines is 1. The average molecular weight is 302 g/mol. The molecule has 0 unspecified atom stereocenters. The maximum Gasteiger partial charge on any atom is 0.442 e. The Morgan fingerprint density at radius 2 is 2.05 bits per heavy atom. The molecule has 112 valence electrons. The highest BCUT2D eigenvalue weighted by molar-refractivity contribution is 5.89. The van der Waals surface area contributed by atoms with Gasteiger partial charge in [0.1, 0.15) is 6.54 Å². The highest BCUT2D eigenvalue weighted by atomic mass is 16.5. The molecule has 10 heteroatoms. The Bertz CT molecular complexity index is 850. The van der Waals surface area contributed by atoms with Crippen LogP contribution in [0.3, 0.4) is 0 Å². The van der Waals surface area contributed by atoms with Gasteiger partial charge >= 0.3 is 5.76 Å². The second kappa shape index (κ2) is 5.60. The van der Waals surface area contributed by atoms with Crippen LogP contribution in [0, 0.1) is 6.92 Å². The second-order valence-corrected chi connectivity index (χ2v) is 4.31. The number of nitrogens with one attached hydrogen (secondary N) is 1. The van der Waals surface area contributed by atoms with Gasteiger partial charge in [0.05, 0.1) is 5.69 Å². The number of carbonyl (C=O) groups excluding carboxylic acids is 1. The molecule has 0 aliphatic rings. The molecule has 0 saturated heterocycles. The first-order valence-corrected chi connectivity index (χ1v) is 6.20. The van der Waals surface area contributed by atoms with Crippen LogP contribution < -0.4 is 11.1 Å². The van der Waals surface area contributed by atoms with E-state index in [1.807, 2.05) is 0 Å². The summed E-state index contributed by atoms with van der Waals surface area (Å²) >= 11 is 0. The van der Waals surface area contributed by atoms with Gasteiger partial charge in [0.25, 0.3) is 0 Å². The second-order valence-electron chi connectivity index (χ2n) is 4.31. The Morgan fingerprint density at radius 3 is 2.73 bits per heavy atom. The fraction of sp³-hybridized carbons (Fsp3) is 0.167. The zero-order valence-corrected chi connectivity index (χ0v) is 11.4. The monoisotopic (exact) mass is 302 g/mol. The molecule has 3 heterocycles. The van der Waals surface area contributed by atoms with Gasteiger partial charge in [-0.3, -0.25) is 14.6 Å². The molecule has 10 nitrogen and oxygen atoms in total. The van der Waals surface area contributed by atoms with Crippen LogP contribution >= 0.6 is 0 Å². The lowest BCUT2D eigenvalue weighted by atomic mass is 10.4. The molecule has 0 saturated carbocycles. The minimum atomic E-state index is -0.786. The summed E-state index contributed by atoms with van der Waals surface area (Å²) in [4.78, 5) is 31.6. The molecule has 3 aromatic rings. The Labute approximate surface area is 122 Å². The van der Waals surface area contributed by atoms with E-state index in [2.05, 4.69) is 30.1 Å². The Morgan fingerprint density at radius 1 is 1.27 bits per heavy atom. The van der Waals surface area contributed by atoms with Crippen LogP contribution in [0.4, 0.5) is 5.88 Å². The van der Waals surface area contributed by atoms with E-state index in [-0.39, 0.29) is 24.1 Å². The Hall–Kier alpha value is -3.30. The van der Waals surface area contributed by atoms with E-state index >= 15 is 0 Å². The van der Waals surface area contributed by atoms with E-state index in [0.717, 1.165) is 4.57 Å². The minimum Gasteiger partial charge on any atom is -0.338 e. The number of carbonyl (C=O) groups is 1. The van der Waals surface area contributed by atoms with Crippen molar-refractivity contribution >= 4 is 11.8 Å². The third-order valence-corrected chi connectivity index (χ3v) is 2.64. The van der Waals surface area contributed by atoms with Crippen LogP contribution in [0.15, 0.2) is 38.4 Å². The van der Waals surface area contributed by atoms with Crippen LogP contribution in [0.25, 0.3) is 11.6 Å². The normalized spacial score (nSPS) is 10.6. The van der Waals surface area contributed by atoms with Crippen molar-refractivity contribution in [2.45, 2.75) is 13.5 Å². The summed E-state index contributed by atoms with van der Waals surface area (Å²) in [6, 6.07) is 3.17. The van der Waals surface area contributed by atoms with Crippen molar-refractivity contribution in [3.05, 3.63) is 40.8 Å². The summed E-state index contributed by atoms with van der Waals surface area (Å²) in [5.41, 5.74) is 0.621. The number of aromatic nitrogens is 5. The average Bonchev–Trinajstić information content (AvgIpc) is 3.07. The Balaban J connectivity index is 1.82. The predicted molar refractivity (Wildman–Crippen MR) is 71.7 cm³/mol. The maximum atomic E-state index is 12.0. The summed E-state index contributed by atoms with van der Waals surface area (Å²) in [6.45, 7) is 1.39. The van der Waals surface area contributed by atoms with Crippen molar-refractivity contribution in [2.24, 2.45) is 0 Å². The lowest BCUT2D eigenvalue weighted by Gasteiger charge is -2.03. The first kappa shape index (κ1) is 13.7. The summed E-state index contributed by atoms with van der Waals surface area (Å²) in [5.74, 6) is -0.861. The van der Waals surface area contributed by atoms with Gasteiger partial charge in [-0.15, -0.1) is 0 Å². The van der Waals surface area contributed by atoms with Gasteiger partial charge in [-0.25, -0.2) is 19.3 Å². The minimum absolute atomic E-state index is 0.0644. The molecule has 0 bridgehead atoms. The molecule has 0 atom stereocenters. The molecule has 22 heavy (non-hydrogen) atoms. The third kappa shape index (κ3) is 2.75. The number of hydrogen-bond donors (Lipinski definition) is 1. The fourth-order valence-corrected chi connectivity index (χ4v) is 1.73. The summed E-state index contributed by atoms with van der Waals surface area (Å²) in [6.07, 6.45) is 2.98. The first-order chi connectivity index (χ1) is 10.6. The van der Waals surface area contributed by atoms with Crippen molar-refractivity contribution in [1.82, 2.24) is 24.8 Å². The molecule has 0 spiro atoms. The van der Waals surface area contributed by atoms with Crippen LogP contribution in [0.2, 0.25) is 0 Å². The number of nitrogens with zero attached hydrogens (tertiary/aromatic N) is 5. The summed E-state index contributed by atoms with van der Waals surface area (Å²) in [7, 11) is 0. The SMILES string of the molecule is Cc1cc(NC(=O)Cn2c(-c3ncccn3)noc2=O)on1. The van der Waals surface area contributed by atoms with Crippen molar-refractivity contribution in [3.63, 3.8) is 0 Å². The Kier molecular flexibility index (Phi) is 3.48. The van der Waals surface area contributed by atoms with Gasteiger partial charge in [0.15, 0.2) is 5.82 Å². The van der Waals surface area contributed by atoms with Gasteiger partial charge in [-0.05, 0) is 13.0 Å². The van der Waals surface area contributed by atoms with Crippen molar-refractivity contribution in [1.29, 1.82) is 0 Å². The van der Waals surface area contributed by atoms with E-state index in [9.17, 15) is 9.59 Å². The number of aryl methyl sites for hydroxylation is 1. The van der Waals surface area contributed by atoms with E-state index in [0.29, 0.717) is 5.69 Å². The standard InChI is InChI=1S/C12H10N6O4/c1-7-5-9(21-16-7)15-8(19)6-18-11(17-22-12(18)20)10-13-3-2-4-14-10/h2-5H,6H2,1H3,(H,15,19). The van der Waals surface area contributed by atoms with Crippen molar-refractivity contribution in [3.8, 4) is 11.6 Å². The highest BCUT2D eigenvalue weighted by Gasteiger charge is 2.18. The molecule has 0 aliphatic carbocycles. The van der Waals surface area contributed by atoms with Gasteiger partial charge in [0, 0.05) is 18.5 Å². The first-order valence-electron chi connectivity index (χ1n) is 6.20. The van der Waals surface area contributed by atoms with Crippen LogP contribution in [-0.4, -0.2) is 30.8 Å². The van der Waals surface area contributed by atoms with Crippen LogP contribution in [-0.2, 0) is 11.3 Å². The topological polar surface area (TPSA) is 129 Å². The highest BCUT2D eigenvalue weighted by Crippen LogP contribution is 2.10. The number of hydrogen-bond acceptors (Lipinski definition) is 8. The van der Waals surface area contributed by atoms with E-state index in [1.165, 1.54) is 12.4 Å². The van der Waals surface area contributed by atoms with Gasteiger partial charge in [-0.2, -0.15) is 0 Å². The van der Waals surface area contributed by atoms with Crippen LogP contribution in [0.5, 0.6) is 0 Å². The predicted octanol–water partition coefficient (Wildman–Crippen LogP) is 0.228. The van der Waals surface area contributed by atoms with Crippen molar-refractivity contribution < 1.29 is 13.8 Å². The van der Waals surface area contributed by atoms with Crippen LogP contribution in [0.1, 0.15) is 5.69 Å². The van der Waals surface area contributed by atoms with Gasteiger partial charge in [0.2, 0.25) is 17.6 Å². The molecular formula is C12H10N6O4. The van der Waals surface area contributed by atoms with Crippen molar-refractivity contribution in [2.75, 3.05) is 5.32 Å². The summed E-state index contributed by atoms with van der Waals surface area (Å²) < 4.78 is 10.5.